The molecule has 82 valence electrons. The Labute approximate surface area is 119 Å². The van der Waals surface area contributed by atoms with Gasteiger partial charge in [0.2, 0.25) is 0 Å². The first kappa shape index (κ1) is 15.7. The predicted molar refractivity (Wildman–Crippen MR) is 58.9 cm³/mol. The van der Waals surface area contributed by atoms with Gasteiger partial charge in [0.25, 0.3) is 0 Å². The van der Waals surface area contributed by atoms with Crippen molar-refractivity contribution < 1.29 is 39.5 Å². The van der Waals surface area contributed by atoms with Crippen LogP contribution in [0.3, 0.4) is 0 Å². The van der Waals surface area contributed by atoms with Crippen LogP contribution < -0.4 is 34.7 Å². The van der Waals surface area contributed by atoms with E-state index < -0.39 is 5.97 Å². The number of carbonyl (C=O) groups is 1. The second-order valence-electron chi connectivity index (χ2n) is 4.73. The van der Waals surface area contributed by atoms with E-state index in [4.69, 9.17) is 0 Å². The van der Waals surface area contributed by atoms with Gasteiger partial charge in [-0.1, -0.05) is 45.9 Å². The van der Waals surface area contributed by atoms with E-state index in [1.165, 1.54) is 0 Å². The van der Waals surface area contributed by atoms with Gasteiger partial charge in [0, 0.05) is 5.56 Å². The van der Waals surface area contributed by atoms with Crippen molar-refractivity contribution in [1.29, 1.82) is 0 Å². The van der Waals surface area contributed by atoms with Crippen molar-refractivity contribution in [3.63, 3.8) is 0 Å². The minimum Gasteiger partial charge on any atom is -0.545 e. The molecule has 0 saturated carbocycles. The van der Waals surface area contributed by atoms with E-state index in [-0.39, 0.29) is 35.0 Å². The molecular formula is C13H17NaO2. The van der Waals surface area contributed by atoms with Gasteiger partial charge in [-0.05, 0) is 23.0 Å². The molecule has 1 aromatic rings. The third-order valence-corrected chi connectivity index (χ3v) is 2.50. The number of carboxylic acids is 1. The van der Waals surface area contributed by atoms with Crippen molar-refractivity contribution >= 4 is 5.97 Å². The van der Waals surface area contributed by atoms with Crippen LogP contribution >= 0.6 is 0 Å². The van der Waals surface area contributed by atoms with E-state index >= 15 is 0 Å². The first-order valence-corrected chi connectivity index (χ1v) is 5.21. The smallest absolute Gasteiger partial charge is 0.545 e. The normalized spacial score (nSPS) is 10.8. The van der Waals surface area contributed by atoms with Crippen LogP contribution in [0.25, 0.3) is 0 Å². The standard InChI is InChI=1S/C13H18O2.Na/c1-5-9-7-6-8-10(12(14)15)11(9)13(2,3)4;/h6-8H,5H2,1-4H3,(H,14,15);/q;+1/p-1. The Hall–Kier alpha value is -0.310. The molecule has 0 aliphatic carbocycles. The van der Waals surface area contributed by atoms with Gasteiger partial charge in [-0.3, -0.25) is 0 Å². The Kier molecular flexibility index (Phi) is 5.74. The zero-order chi connectivity index (χ0) is 11.6. The second-order valence-corrected chi connectivity index (χ2v) is 4.73. The number of carbonyl (C=O) groups excluding carboxylic acids is 1. The van der Waals surface area contributed by atoms with Gasteiger partial charge in [-0.2, -0.15) is 0 Å². The summed E-state index contributed by atoms with van der Waals surface area (Å²) in [7, 11) is 0. The number of carboxylic acid groups (broad SMARTS) is 1. The van der Waals surface area contributed by atoms with E-state index in [0.29, 0.717) is 5.56 Å². The van der Waals surface area contributed by atoms with Gasteiger partial charge in [0.1, 0.15) is 0 Å². The fourth-order valence-electron chi connectivity index (χ4n) is 1.95. The Bertz CT molecular complexity index is 378. The van der Waals surface area contributed by atoms with Crippen molar-refractivity contribution in [2.24, 2.45) is 0 Å². The molecule has 0 saturated heterocycles. The molecule has 0 aliphatic heterocycles. The molecule has 1 rings (SSSR count). The molecule has 0 fully saturated rings. The summed E-state index contributed by atoms with van der Waals surface area (Å²) in [5.41, 5.74) is 2.14. The molecule has 0 spiro atoms. The molecular weight excluding hydrogens is 211 g/mol. The molecule has 0 bridgehead atoms. The summed E-state index contributed by atoms with van der Waals surface area (Å²) in [6, 6.07) is 5.38. The molecule has 0 heterocycles. The average molecular weight is 228 g/mol. The molecule has 0 radical (unpaired) electrons. The Morgan fingerprint density at radius 1 is 1.31 bits per heavy atom. The Morgan fingerprint density at radius 3 is 2.25 bits per heavy atom. The molecule has 16 heavy (non-hydrogen) atoms. The van der Waals surface area contributed by atoms with Crippen LogP contribution in [0.15, 0.2) is 18.2 Å². The summed E-state index contributed by atoms with van der Waals surface area (Å²) in [5, 5.41) is 11.0. The van der Waals surface area contributed by atoms with Gasteiger partial charge < -0.3 is 9.90 Å². The van der Waals surface area contributed by atoms with E-state index in [2.05, 4.69) is 0 Å². The van der Waals surface area contributed by atoms with Crippen LogP contribution in [-0.4, -0.2) is 5.97 Å². The van der Waals surface area contributed by atoms with Crippen molar-refractivity contribution in [2.75, 3.05) is 0 Å². The van der Waals surface area contributed by atoms with E-state index in [1.807, 2.05) is 33.8 Å². The molecule has 0 atom stereocenters. The number of aryl methyl sites for hydroxylation is 1. The molecule has 0 aliphatic rings. The van der Waals surface area contributed by atoms with E-state index in [1.54, 1.807) is 12.1 Å². The number of rotatable bonds is 2. The number of hydrogen-bond donors (Lipinski definition) is 0. The molecule has 0 N–H and O–H groups in total. The van der Waals surface area contributed by atoms with Gasteiger partial charge in [0.15, 0.2) is 0 Å². The van der Waals surface area contributed by atoms with Crippen molar-refractivity contribution in [2.45, 2.75) is 39.5 Å². The third-order valence-electron chi connectivity index (χ3n) is 2.50. The van der Waals surface area contributed by atoms with Crippen molar-refractivity contribution in [3.05, 3.63) is 34.9 Å². The predicted octanol–water partition coefficient (Wildman–Crippen LogP) is -1.09. The molecule has 0 unspecified atom stereocenters. The molecule has 0 amide bonds. The number of aromatic carboxylic acids is 1. The zero-order valence-corrected chi connectivity index (χ0v) is 12.8. The van der Waals surface area contributed by atoms with Crippen molar-refractivity contribution in [1.82, 2.24) is 0 Å². The minimum absolute atomic E-state index is 0. The van der Waals surface area contributed by atoms with Gasteiger partial charge in [-0.25, -0.2) is 0 Å². The maximum absolute atomic E-state index is 11.0. The summed E-state index contributed by atoms with van der Waals surface area (Å²) in [6.45, 7) is 8.10. The first-order chi connectivity index (χ1) is 6.88. The Morgan fingerprint density at radius 2 is 1.88 bits per heavy atom. The number of benzene rings is 1. The topological polar surface area (TPSA) is 40.1 Å². The van der Waals surface area contributed by atoms with Crippen LogP contribution in [0.5, 0.6) is 0 Å². The van der Waals surface area contributed by atoms with Crippen LogP contribution in [0.1, 0.15) is 49.2 Å². The van der Waals surface area contributed by atoms with Gasteiger partial charge >= 0.3 is 29.6 Å². The fourth-order valence-corrected chi connectivity index (χ4v) is 1.95. The summed E-state index contributed by atoms with van der Waals surface area (Å²) < 4.78 is 0. The van der Waals surface area contributed by atoms with Crippen LogP contribution in [-0.2, 0) is 11.8 Å². The fraction of sp³-hybridized carbons (Fsp3) is 0.462. The van der Waals surface area contributed by atoms with E-state index in [9.17, 15) is 9.90 Å². The Balaban J connectivity index is 0.00000225. The van der Waals surface area contributed by atoms with Gasteiger partial charge in [0.05, 0.1) is 5.97 Å². The van der Waals surface area contributed by atoms with Gasteiger partial charge in [-0.15, -0.1) is 0 Å². The first-order valence-electron chi connectivity index (χ1n) is 5.21. The maximum Gasteiger partial charge on any atom is 1.00 e. The SMILES string of the molecule is CCc1cccc(C(=O)[O-])c1C(C)(C)C.[Na+]. The van der Waals surface area contributed by atoms with E-state index in [0.717, 1.165) is 17.5 Å². The number of hydrogen-bond acceptors (Lipinski definition) is 2. The largest absolute Gasteiger partial charge is 1.00 e. The third kappa shape index (κ3) is 3.34. The minimum atomic E-state index is -1.09. The molecule has 0 aromatic heterocycles. The summed E-state index contributed by atoms with van der Waals surface area (Å²) in [4.78, 5) is 11.0. The zero-order valence-electron chi connectivity index (χ0n) is 10.8. The van der Waals surface area contributed by atoms with Crippen molar-refractivity contribution in [3.8, 4) is 0 Å². The average Bonchev–Trinajstić information content (AvgIpc) is 2.15. The van der Waals surface area contributed by atoms with Crippen LogP contribution in [0.2, 0.25) is 0 Å². The van der Waals surface area contributed by atoms with Crippen LogP contribution in [0.4, 0.5) is 0 Å². The quantitative estimate of drug-likeness (QED) is 0.604. The summed E-state index contributed by atoms with van der Waals surface area (Å²) in [5.74, 6) is -1.09. The maximum atomic E-state index is 11.0. The molecule has 2 nitrogen and oxygen atoms in total. The summed E-state index contributed by atoms with van der Waals surface area (Å²) in [6.07, 6.45) is 0.841. The van der Waals surface area contributed by atoms with Crippen LogP contribution in [0, 0.1) is 0 Å². The molecule has 1 aromatic carbocycles. The monoisotopic (exact) mass is 228 g/mol. The summed E-state index contributed by atoms with van der Waals surface area (Å²) >= 11 is 0. The molecule has 3 heteroatoms. The second kappa shape index (κ2) is 5.85.